The quantitative estimate of drug-likeness (QED) is 0.754. The molecule has 2 atom stereocenters. The Labute approximate surface area is 156 Å². The second-order valence-corrected chi connectivity index (χ2v) is 6.76. The van der Waals surface area contributed by atoms with Gasteiger partial charge in [0, 0.05) is 45.7 Å². The van der Waals surface area contributed by atoms with Gasteiger partial charge in [-0.25, -0.2) is 4.98 Å². The van der Waals surface area contributed by atoms with Crippen molar-refractivity contribution in [2.75, 3.05) is 26.8 Å². The zero-order chi connectivity index (χ0) is 19.6. The summed E-state index contributed by atoms with van der Waals surface area (Å²) in [6.07, 6.45) is 3.51. The Morgan fingerprint density at radius 3 is 2.78 bits per heavy atom. The molecule has 0 aliphatic carbocycles. The minimum Gasteiger partial charge on any atom is -0.375 e. The minimum atomic E-state index is -0.317. The predicted molar refractivity (Wildman–Crippen MR) is 97.5 cm³/mol. The first-order chi connectivity index (χ1) is 12.9. The largest absolute Gasteiger partial charge is 0.375 e. The molecule has 144 valence electrons. The van der Waals surface area contributed by atoms with Crippen molar-refractivity contribution in [1.82, 2.24) is 24.8 Å². The average Bonchev–Trinajstić information content (AvgIpc) is 3.19. The van der Waals surface area contributed by atoms with E-state index in [1.807, 2.05) is 17.8 Å². The lowest BCUT2D eigenvalue weighted by molar-refractivity contribution is -0.125. The molecular formula is C18H23N5O4. The molecule has 0 aromatic carbocycles. The smallest absolute Gasteiger partial charge is 0.270 e. The molecule has 1 aliphatic rings. The number of aromatic amines is 1. The molecule has 0 bridgehead atoms. The first-order valence-electron chi connectivity index (χ1n) is 8.64. The van der Waals surface area contributed by atoms with Crippen molar-refractivity contribution in [1.29, 1.82) is 0 Å². The number of amides is 2. The molecule has 2 aromatic heterocycles. The summed E-state index contributed by atoms with van der Waals surface area (Å²) in [4.78, 5) is 45.2. The summed E-state index contributed by atoms with van der Waals surface area (Å²) in [7, 11) is 3.33. The van der Waals surface area contributed by atoms with Gasteiger partial charge in [0.1, 0.15) is 18.1 Å². The number of hydrogen-bond donors (Lipinski definition) is 2. The van der Waals surface area contributed by atoms with E-state index in [0.29, 0.717) is 18.7 Å². The van der Waals surface area contributed by atoms with Gasteiger partial charge in [-0.05, 0) is 18.6 Å². The van der Waals surface area contributed by atoms with Crippen LogP contribution in [0.3, 0.4) is 0 Å². The number of aromatic nitrogens is 3. The molecule has 0 saturated carbocycles. The standard InChI is InChI=1S/C18H23N5O4/c1-11-6-13(20-15(24)7-11)18(26)23-8-12(17-19-4-5-22(17)2)14(9-23)21-16(25)10-27-3/h4-7,12,14H,8-10H2,1-3H3,(H,20,24)(H,21,25)/t12-,14-/m1/s1. The Kier molecular flexibility index (Phi) is 5.41. The number of carbonyl (C=O) groups excluding carboxylic acids is 2. The van der Waals surface area contributed by atoms with Crippen LogP contribution in [0.5, 0.6) is 0 Å². The minimum absolute atomic E-state index is 0.0526. The van der Waals surface area contributed by atoms with Gasteiger partial charge >= 0.3 is 0 Å². The third-order valence-electron chi connectivity index (χ3n) is 4.64. The topological polar surface area (TPSA) is 109 Å². The van der Waals surface area contributed by atoms with E-state index in [-0.39, 0.29) is 41.6 Å². The number of imidazole rings is 1. The zero-order valence-corrected chi connectivity index (χ0v) is 15.6. The molecule has 0 unspecified atom stereocenters. The van der Waals surface area contributed by atoms with Gasteiger partial charge in [0.2, 0.25) is 11.5 Å². The van der Waals surface area contributed by atoms with Crippen molar-refractivity contribution in [3.8, 4) is 0 Å². The number of likely N-dealkylation sites (tertiary alicyclic amines) is 1. The van der Waals surface area contributed by atoms with E-state index in [2.05, 4.69) is 15.3 Å². The SMILES string of the molecule is COCC(=O)N[C@@H]1CN(C(=O)c2cc(C)cc(=O)[nH]2)C[C@H]1c1nccn1C. The van der Waals surface area contributed by atoms with Crippen molar-refractivity contribution in [3.63, 3.8) is 0 Å². The maximum atomic E-state index is 12.9. The van der Waals surface area contributed by atoms with Gasteiger partial charge in [-0.3, -0.25) is 14.4 Å². The second-order valence-electron chi connectivity index (χ2n) is 6.76. The first-order valence-corrected chi connectivity index (χ1v) is 8.64. The summed E-state index contributed by atoms with van der Waals surface area (Å²) >= 11 is 0. The van der Waals surface area contributed by atoms with Crippen LogP contribution in [-0.4, -0.2) is 64.1 Å². The van der Waals surface area contributed by atoms with Gasteiger partial charge in [-0.2, -0.15) is 0 Å². The van der Waals surface area contributed by atoms with E-state index < -0.39 is 0 Å². The fourth-order valence-electron chi connectivity index (χ4n) is 3.46. The lowest BCUT2D eigenvalue weighted by Gasteiger charge is -2.19. The Morgan fingerprint density at radius 2 is 2.15 bits per heavy atom. The van der Waals surface area contributed by atoms with Gasteiger partial charge < -0.3 is 24.5 Å². The fourth-order valence-corrected chi connectivity index (χ4v) is 3.46. The molecule has 1 fully saturated rings. The van der Waals surface area contributed by atoms with Gasteiger partial charge in [0.25, 0.3) is 5.91 Å². The Bertz CT molecular complexity index is 903. The maximum absolute atomic E-state index is 12.9. The maximum Gasteiger partial charge on any atom is 0.270 e. The van der Waals surface area contributed by atoms with Crippen molar-refractivity contribution >= 4 is 11.8 Å². The van der Waals surface area contributed by atoms with Crippen LogP contribution in [0, 0.1) is 6.92 Å². The van der Waals surface area contributed by atoms with Crippen LogP contribution < -0.4 is 10.9 Å². The molecule has 3 rings (SSSR count). The number of hydrogen-bond acceptors (Lipinski definition) is 5. The third-order valence-corrected chi connectivity index (χ3v) is 4.64. The van der Waals surface area contributed by atoms with Gasteiger partial charge in [0.15, 0.2) is 0 Å². The highest BCUT2D eigenvalue weighted by Crippen LogP contribution is 2.27. The van der Waals surface area contributed by atoms with Crippen LogP contribution in [0.2, 0.25) is 0 Å². The number of ether oxygens (including phenoxy) is 1. The summed E-state index contributed by atoms with van der Waals surface area (Å²) < 4.78 is 6.76. The lowest BCUT2D eigenvalue weighted by Crippen LogP contribution is -2.42. The number of pyridine rings is 1. The molecule has 2 amide bonds. The molecule has 2 N–H and O–H groups in total. The highest BCUT2D eigenvalue weighted by atomic mass is 16.5. The van der Waals surface area contributed by atoms with Gasteiger partial charge in [-0.15, -0.1) is 0 Å². The van der Waals surface area contributed by atoms with Gasteiger partial charge in [0.05, 0.1) is 12.0 Å². The fraction of sp³-hybridized carbons (Fsp3) is 0.444. The summed E-state index contributed by atoms with van der Waals surface area (Å²) in [6.45, 7) is 2.42. The van der Waals surface area contributed by atoms with Crippen LogP contribution in [-0.2, 0) is 16.6 Å². The Balaban J connectivity index is 1.85. The summed E-state index contributed by atoms with van der Waals surface area (Å²) in [5.41, 5.74) is 0.637. The molecule has 0 spiro atoms. The predicted octanol–water partition coefficient (Wildman–Crippen LogP) is -0.212. The van der Waals surface area contributed by atoms with Crippen molar-refractivity contribution in [2.45, 2.75) is 18.9 Å². The normalized spacial score (nSPS) is 19.3. The molecule has 1 aliphatic heterocycles. The molecular weight excluding hydrogens is 350 g/mol. The average molecular weight is 373 g/mol. The molecule has 9 nitrogen and oxygen atoms in total. The first kappa shape index (κ1) is 18.8. The Hall–Kier alpha value is -2.94. The summed E-state index contributed by atoms with van der Waals surface area (Å²) in [5, 5.41) is 2.92. The van der Waals surface area contributed by atoms with Crippen molar-refractivity contribution < 1.29 is 14.3 Å². The van der Waals surface area contributed by atoms with E-state index in [4.69, 9.17) is 4.74 Å². The lowest BCUT2D eigenvalue weighted by atomic mass is 10.0. The third kappa shape index (κ3) is 4.08. The highest BCUT2D eigenvalue weighted by molar-refractivity contribution is 5.92. The monoisotopic (exact) mass is 373 g/mol. The molecule has 3 heterocycles. The van der Waals surface area contributed by atoms with Crippen LogP contribution in [0.1, 0.15) is 27.8 Å². The van der Waals surface area contributed by atoms with Gasteiger partial charge in [-0.1, -0.05) is 0 Å². The zero-order valence-electron chi connectivity index (χ0n) is 15.6. The van der Waals surface area contributed by atoms with E-state index >= 15 is 0 Å². The Morgan fingerprint density at radius 1 is 1.37 bits per heavy atom. The number of nitrogens with one attached hydrogen (secondary N) is 2. The van der Waals surface area contributed by atoms with E-state index in [1.54, 1.807) is 24.1 Å². The number of rotatable bonds is 5. The molecule has 27 heavy (non-hydrogen) atoms. The number of methoxy groups -OCH3 is 1. The van der Waals surface area contributed by atoms with E-state index in [0.717, 1.165) is 5.82 Å². The number of carbonyl (C=O) groups is 2. The molecule has 1 saturated heterocycles. The van der Waals surface area contributed by atoms with E-state index in [1.165, 1.54) is 13.2 Å². The highest BCUT2D eigenvalue weighted by Gasteiger charge is 2.39. The molecule has 9 heteroatoms. The van der Waals surface area contributed by atoms with Crippen LogP contribution in [0.4, 0.5) is 0 Å². The van der Waals surface area contributed by atoms with E-state index in [9.17, 15) is 14.4 Å². The second kappa shape index (κ2) is 7.75. The number of nitrogens with zero attached hydrogens (tertiary/aromatic N) is 3. The molecule has 2 aromatic rings. The van der Waals surface area contributed by atoms with Crippen molar-refractivity contribution in [2.24, 2.45) is 7.05 Å². The number of H-pyrrole nitrogens is 1. The van der Waals surface area contributed by atoms with Crippen LogP contribution in [0.25, 0.3) is 0 Å². The van der Waals surface area contributed by atoms with Crippen LogP contribution >= 0.6 is 0 Å². The number of aryl methyl sites for hydroxylation is 2. The summed E-state index contributed by atoms with van der Waals surface area (Å²) in [6, 6.07) is 2.79. The van der Waals surface area contributed by atoms with Crippen molar-refractivity contribution in [3.05, 3.63) is 52.0 Å². The molecule has 0 radical (unpaired) electrons. The van der Waals surface area contributed by atoms with Crippen LogP contribution in [0.15, 0.2) is 29.3 Å². The summed E-state index contributed by atoms with van der Waals surface area (Å²) in [5.74, 6) is 0.0931.